The van der Waals surface area contributed by atoms with Gasteiger partial charge in [0, 0.05) is 51.2 Å². The van der Waals surface area contributed by atoms with Crippen LogP contribution in [-0.2, 0) is 0 Å². The molecule has 10 heteroatoms. The molecule has 4 heterocycles. The molecule has 1 saturated carbocycles. The van der Waals surface area contributed by atoms with Gasteiger partial charge in [0.15, 0.2) is 6.17 Å². The van der Waals surface area contributed by atoms with Crippen LogP contribution in [0, 0.1) is 5.92 Å². The second kappa shape index (κ2) is 6.93. The number of hydrogen-bond donors (Lipinski definition) is 1. The number of hydrazone groups is 1. The number of alkyl halides is 3. The monoisotopic (exact) mass is 405 g/mol. The first-order valence-electron chi connectivity index (χ1n) is 9.87. The van der Waals surface area contributed by atoms with Crippen molar-refractivity contribution >= 4 is 11.8 Å². The molecule has 0 radical (unpaired) electrons. The van der Waals surface area contributed by atoms with Gasteiger partial charge in [0.05, 0.1) is 5.70 Å². The van der Waals surface area contributed by atoms with E-state index in [1.165, 1.54) is 0 Å². The molecule has 2 fully saturated rings. The predicted molar refractivity (Wildman–Crippen MR) is 102 cm³/mol. The number of halogens is 3. The molecule has 3 aliphatic heterocycles. The average Bonchev–Trinajstić information content (AvgIpc) is 3.46. The summed E-state index contributed by atoms with van der Waals surface area (Å²) in [5.41, 5.74) is 2.38. The van der Waals surface area contributed by atoms with Crippen molar-refractivity contribution in [2.24, 2.45) is 11.0 Å². The molecular weight excluding hydrogens is 383 g/mol. The van der Waals surface area contributed by atoms with Crippen LogP contribution >= 0.6 is 0 Å². The maximum Gasteiger partial charge on any atom is 0.418 e. The fourth-order valence-electron chi connectivity index (χ4n) is 4.07. The van der Waals surface area contributed by atoms with Crippen molar-refractivity contribution < 1.29 is 13.2 Å². The van der Waals surface area contributed by atoms with Crippen LogP contribution in [0.2, 0.25) is 0 Å². The molecule has 1 atom stereocenters. The summed E-state index contributed by atoms with van der Waals surface area (Å²) in [5.74, 6) is 1.86. The van der Waals surface area contributed by atoms with Gasteiger partial charge >= 0.3 is 6.18 Å². The van der Waals surface area contributed by atoms with Crippen LogP contribution in [0.3, 0.4) is 0 Å². The Kier molecular flexibility index (Phi) is 4.36. The molecule has 1 aromatic rings. The summed E-state index contributed by atoms with van der Waals surface area (Å²) >= 11 is 0. The summed E-state index contributed by atoms with van der Waals surface area (Å²) in [4.78, 5) is 13.9. The number of amidine groups is 1. The Labute approximate surface area is 166 Å². The van der Waals surface area contributed by atoms with Crippen LogP contribution in [-0.4, -0.2) is 64.1 Å². The molecule has 1 unspecified atom stereocenters. The van der Waals surface area contributed by atoms with Gasteiger partial charge in [-0.15, -0.1) is 0 Å². The molecule has 0 bridgehead atoms. The van der Waals surface area contributed by atoms with Crippen molar-refractivity contribution in [2.45, 2.75) is 31.6 Å². The summed E-state index contributed by atoms with van der Waals surface area (Å²) in [7, 11) is 0. The van der Waals surface area contributed by atoms with Crippen molar-refractivity contribution in [1.29, 1.82) is 0 Å². The maximum atomic E-state index is 14.1. The summed E-state index contributed by atoms with van der Waals surface area (Å²) in [6.45, 7) is 2.08. The van der Waals surface area contributed by atoms with E-state index in [0.717, 1.165) is 19.3 Å². The number of nitrogens with one attached hydrogen (secondary N) is 1. The first kappa shape index (κ1) is 18.3. The van der Waals surface area contributed by atoms with Gasteiger partial charge in [0.2, 0.25) is 5.95 Å². The summed E-state index contributed by atoms with van der Waals surface area (Å²) in [6.07, 6.45) is 4.22. The van der Waals surface area contributed by atoms with E-state index in [4.69, 9.17) is 0 Å². The third kappa shape index (κ3) is 3.51. The maximum absolute atomic E-state index is 14.1. The fourth-order valence-corrected chi connectivity index (χ4v) is 4.07. The van der Waals surface area contributed by atoms with Crippen molar-refractivity contribution in [3.63, 3.8) is 0 Å². The minimum Gasteiger partial charge on any atom is -0.368 e. The Bertz CT molecular complexity index is 852. The van der Waals surface area contributed by atoms with E-state index in [0.29, 0.717) is 43.9 Å². The third-order valence-electron chi connectivity index (χ3n) is 5.76. The highest BCUT2D eigenvalue weighted by molar-refractivity contribution is 5.86. The minimum atomic E-state index is -4.44. The standard InChI is InChI=1S/C19H22F3N7/c20-19(21,22)16-14(4-7-29-15(12-13-2-3-13)25-26-17(16)29)27-8-10-28(11-9-27)18-23-5-1-6-24-18/h1,4-7,13,17,26H,2-3,8-12H2. The molecule has 1 N–H and O–H groups in total. The van der Waals surface area contributed by atoms with Crippen LogP contribution < -0.4 is 10.3 Å². The van der Waals surface area contributed by atoms with Crippen LogP contribution in [0.5, 0.6) is 0 Å². The minimum absolute atomic E-state index is 0.225. The molecule has 5 rings (SSSR count). The second-order valence-electron chi connectivity index (χ2n) is 7.75. The zero-order valence-electron chi connectivity index (χ0n) is 15.8. The lowest BCUT2D eigenvalue weighted by atomic mass is 10.0. The zero-order valence-corrected chi connectivity index (χ0v) is 15.8. The summed E-state index contributed by atoms with van der Waals surface area (Å²) in [5, 5.41) is 4.22. The van der Waals surface area contributed by atoms with Gasteiger partial charge in [-0.25, -0.2) is 9.97 Å². The Hall–Kier alpha value is -2.78. The number of piperazine rings is 1. The van der Waals surface area contributed by atoms with E-state index in [9.17, 15) is 13.2 Å². The van der Waals surface area contributed by atoms with Gasteiger partial charge in [-0.3, -0.25) is 5.43 Å². The average molecular weight is 405 g/mol. The molecule has 7 nitrogen and oxygen atoms in total. The largest absolute Gasteiger partial charge is 0.418 e. The number of nitrogens with zero attached hydrogens (tertiary/aromatic N) is 6. The van der Waals surface area contributed by atoms with Crippen LogP contribution in [0.1, 0.15) is 19.3 Å². The lowest BCUT2D eigenvalue weighted by Crippen LogP contribution is -2.50. The van der Waals surface area contributed by atoms with E-state index < -0.39 is 17.9 Å². The molecular formula is C19H22F3N7. The first-order valence-corrected chi connectivity index (χ1v) is 9.87. The molecule has 0 amide bonds. The molecule has 29 heavy (non-hydrogen) atoms. The normalized spacial score (nSPS) is 24.6. The van der Waals surface area contributed by atoms with Gasteiger partial charge in [0.1, 0.15) is 11.4 Å². The highest BCUT2D eigenvalue weighted by Crippen LogP contribution is 2.40. The molecule has 1 aliphatic carbocycles. The first-order chi connectivity index (χ1) is 14.0. The fraction of sp³-hybridized carbons (Fsp3) is 0.526. The smallest absolute Gasteiger partial charge is 0.368 e. The lowest BCUT2D eigenvalue weighted by molar-refractivity contribution is -0.102. The van der Waals surface area contributed by atoms with Gasteiger partial charge in [-0.2, -0.15) is 18.3 Å². The molecule has 1 aromatic heterocycles. The Morgan fingerprint density at radius 3 is 2.38 bits per heavy atom. The zero-order chi connectivity index (χ0) is 20.0. The van der Waals surface area contributed by atoms with Gasteiger partial charge in [-0.05, 0) is 30.9 Å². The molecule has 0 aromatic carbocycles. The van der Waals surface area contributed by atoms with Crippen molar-refractivity contribution in [3.05, 3.63) is 42.0 Å². The van der Waals surface area contributed by atoms with Gasteiger partial charge in [-0.1, -0.05) is 0 Å². The van der Waals surface area contributed by atoms with E-state index >= 15 is 0 Å². The highest BCUT2D eigenvalue weighted by Gasteiger charge is 2.48. The SMILES string of the molecule is FC(F)(F)C1=C(N2CCN(c3ncccn3)CC2)C=CN2C(CC3CC3)=NNC12. The number of fused-ring (bicyclic) bond motifs is 1. The highest BCUT2D eigenvalue weighted by atomic mass is 19.4. The number of anilines is 1. The Morgan fingerprint density at radius 1 is 1.03 bits per heavy atom. The summed E-state index contributed by atoms with van der Waals surface area (Å²) < 4.78 is 42.2. The number of allylic oxidation sites excluding steroid dienone is 1. The van der Waals surface area contributed by atoms with E-state index in [1.54, 1.807) is 40.5 Å². The number of rotatable bonds is 4. The number of aromatic nitrogens is 2. The van der Waals surface area contributed by atoms with E-state index in [-0.39, 0.29) is 5.70 Å². The quantitative estimate of drug-likeness (QED) is 0.830. The number of hydrogen-bond acceptors (Lipinski definition) is 7. The lowest BCUT2D eigenvalue weighted by Gasteiger charge is -2.40. The molecule has 154 valence electrons. The predicted octanol–water partition coefficient (Wildman–Crippen LogP) is 2.29. The Morgan fingerprint density at radius 2 is 1.72 bits per heavy atom. The molecule has 1 saturated heterocycles. The Balaban J connectivity index is 1.35. The van der Waals surface area contributed by atoms with Gasteiger partial charge in [0.25, 0.3) is 0 Å². The van der Waals surface area contributed by atoms with Crippen LogP contribution in [0.25, 0.3) is 0 Å². The third-order valence-corrected chi connectivity index (χ3v) is 5.76. The van der Waals surface area contributed by atoms with E-state index in [2.05, 4.69) is 20.5 Å². The molecule has 4 aliphatic rings. The van der Waals surface area contributed by atoms with Crippen molar-refractivity contribution in [1.82, 2.24) is 25.2 Å². The van der Waals surface area contributed by atoms with Crippen LogP contribution in [0.15, 0.2) is 47.1 Å². The van der Waals surface area contributed by atoms with Gasteiger partial charge < -0.3 is 14.7 Å². The molecule has 0 spiro atoms. The summed E-state index contributed by atoms with van der Waals surface area (Å²) in [6, 6.07) is 1.74. The van der Waals surface area contributed by atoms with Crippen molar-refractivity contribution in [3.8, 4) is 0 Å². The van der Waals surface area contributed by atoms with Crippen LogP contribution in [0.4, 0.5) is 19.1 Å². The van der Waals surface area contributed by atoms with E-state index in [1.807, 2.05) is 4.90 Å². The topological polar surface area (TPSA) is 59.9 Å². The second-order valence-corrected chi connectivity index (χ2v) is 7.75. The van der Waals surface area contributed by atoms with Crippen molar-refractivity contribution in [2.75, 3.05) is 31.1 Å².